The zero-order valence-electron chi connectivity index (χ0n) is 17.7. The highest BCUT2D eigenvalue weighted by atomic mass is 35.5. The zero-order chi connectivity index (χ0) is 24.1. The number of rotatable bonds is 8. The Labute approximate surface area is 201 Å². The van der Waals surface area contributed by atoms with Crippen molar-refractivity contribution in [3.05, 3.63) is 119 Å². The first-order chi connectivity index (χ1) is 16.3. The second kappa shape index (κ2) is 10.1. The van der Waals surface area contributed by atoms with Gasteiger partial charge in [0.1, 0.15) is 22.2 Å². The van der Waals surface area contributed by atoms with Crippen molar-refractivity contribution in [1.82, 2.24) is 4.90 Å². The van der Waals surface area contributed by atoms with Gasteiger partial charge in [0.15, 0.2) is 0 Å². The van der Waals surface area contributed by atoms with E-state index in [1.807, 2.05) is 0 Å². The number of halogens is 2. The van der Waals surface area contributed by atoms with Crippen LogP contribution in [0.4, 0.5) is 4.39 Å². The van der Waals surface area contributed by atoms with E-state index in [0.29, 0.717) is 16.3 Å². The summed E-state index contributed by atoms with van der Waals surface area (Å²) in [6, 6.07) is 20.8. The van der Waals surface area contributed by atoms with Crippen LogP contribution in [0.25, 0.3) is 0 Å². The van der Waals surface area contributed by atoms with Gasteiger partial charge in [-0.2, -0.15) is 8.42 Å². The van der Waals surface area contributed by atoms with Crippen molar-refractivity contribution in [3.63, 3.8) is 0 Å². The van der Waals surface area contributed by atoms with Gasteiger partial charge < -0.3 is 13.5 Å². The fraction of sp³-hybridized carbons (Fsp3) is 0.0800. The molecule has 0 saturated carbocycles. The van der Waals surface area contributed by atoms with Crippen LogP contribution in [0.5, 0.6) is 5.75 Å². The van der Waals surface area contributed by atoms with Gasteiger partial charge in [-0.1, -0.05) is 29.8 Å². The van der Waals surface area contributed by atoms with Crippen molar-refractivity contribution in [1.29, 1.82) is 0 Å². The van der Waals surface area contributed by atoms with Crippen molar-refractivity contribution >= 4 is 27.6 Å². The first-order valence-electron chi connectivity index (χ1n) is 10.2. The standard InChI is InChI=1S/C25H19ClFNO5S/c26-20-4-1-3-19(15-20)25(29)28(17-23-5-2-14-32-23)16-18-6-10-22(11-7-18)33-34(30,31)24-12-8-21(27)9-13-24/h1-15H,16-17H2. The number of hydrogen-bond donors (Lipinski definition) is 0. The molecule has 0 aliphatic rings. The largest absolute Gasteiger partial charge is 0.467 e. The van der Waals surface area contributed by atoms with Gasteiger partial charge in [0.25, 0.3) is 5.91 Å². The Morgan fingerprint density at radius 3 is 2.32 bits per heavy atom. The molecule has 4 rings (SSSR count). The first kappa shape index (κ1) is 23.5. The second-order valence-electron chi connectivity index (χ2n) is 7.39. The molecule has 0 aliphatic carbocycles. The molecule has 9 heteroatoms. The molecule has 0 N–H and O–H groups in total. The lowest BCUT2D eigenvalue weighted by Crippen LogP contribution is -2.30. The number of carbonyl (C=O) groups excluding carboxylic acids is 1. The van der Waals surface area contributed by atoms with E-state index >= 15 is 0 Å². The van der Waals surface area contributed by atoms with E-state index in [1.165, 1.54) is 18.4 Å². The molecule has 0 saturated heterocycles. The molecular formula is C25H19ClFNO5S. The summed E-state index contributed by atoms with van der Waals surface area (Å²) < 4.78 is 48.4. The predicted octanol–water partition coefficient (Wildman–Crippen LogP) is 5.68. The summed E-state index contributed by atoms with van der Waals surface area (Å²) >= 11 is 6.05. The minimum atomic E-state index is -4.11. The second-order valence-corrected chi connectivity index (χ2v) is 9.37. The lowest BCUT2D eigenvalue weighted by atomic mass is 10.1. The van der Waals surface area contributed by atoms with E-state index in [1.54, 1.807) is 53.4 Å². The van der Waals surface area contributed by atoms with Crippen molar-refractivity contribution in [2.45, 2.75) is 18.0 Å². The molecule has 0 aliphatic heterocycles. The zero-order valence-corrected chi connectivity index (χ0v) is 19.3. The summed E-state index contributed by atoms with van der Waals surface area (Å²) in [6.45, 7) is 0.465. The third-order valence-electron chi connectivity index (χ3n) is 4.89. The Hall–Kier alpha value is -3.62. The molecule has 1 aromatic heterocycles. The average molecular weight is 500 g/mol. The number of nitrogens with zero attached hydrogens (tertiary/aromatic N) is 1. The van der Waals surface area contributed by atoms with E-state index in [2.05, 4.69) is 0 Å². The normalized spacial score (nSPS) is 11.2. The number of amides is 1. The third kappa shape index (κ3) is 5.84. The maximum absolute atomic E-state index is 13.2. The highest BCUT2D eigenvalue weighted by Crippen LogP contribution is 2.22. The van der Waals surface area contributed by atoms with Gasteiger partial charge in [-0.3, -0.25) is 4.79 Å². The van der Waals surface area contributed by atoms with Crippen LogP contribution in [-0.4, -0.2) is 19.2 Å². The van der Waals surface area contributed by atoms with Crippen molar-refractivity contribution < 1.29 is 26.2 Å². The van der Waals surface area contributed by atoms with Crippen molar-refractivity contribution in [2.75, 3.05) is 0 Å². The van der Waals surface area contributed by atoms with Crippen LogP contribution in [0.1, 0.15) is 21.7 Å². The molecule has 0 radical (unpaired) electrons. The summed E-state index contributed by atoms with van der Waals surface area (Å²) in [7, 11) is -4.11. The number of hydrogen-bond acceptors (Lipinski definition) is 5. The average Bonchev–Trinajstić information content (AvgIpc) is 3.33. The lowest BCUT2D eigenvalue weighted by molar-refractivity contribution is 0.0717. The SMILES string of the molecule is O=C(c1cccc(Cl)c1)N(Cc1ccc(OS(=O)(=O)c2ccc(F)cc2)cc1)Cc1ccco1. The van der Waals surface area contributed by atoms with Crippen LogP contribution < -0.4 is 4.18 Å². The minimum Gasteiger partial charge on any atom is -0.467 e. The van der Waals surface area contributed by atoms with E-state index in [9.17, 15) is 17.6 Å². The summed E-state index contributed by atoms with van der Waals surface area (Å²) in [4.78, 5) is 14.6. The monoisotopic (exact) mass is 499 g/mol. The van der Waals surface area contributed by atoms with E-state index in [0.717, 1.165) is 29.8 Å². The molecule has 0 atom stereocenters. The molecule has 0 unspecified atom stereocenters. The molecule has 1 amide bonds. The third-order valence-corrected chi connectivity index (χ3v) is 6.39. The smallest absolute Gasteiger partial charge is 0.339 e. The van der Waals surface area contributed by atoms with Gasteiger partial charge in [0.05, 0.1) is 12.8 Å². The molecule has 3 aromatic carbocycles. The summed E-state index contributed by atoms with van der Waals surface area (Å²) in [5.41, 5.74) is 1.18. The number of benzene rings is 3. The van der Waals surface area contributed by atoms with Gasteiger partial charge in [-0.05, 0) is 72.3 Å². The molecule has 174 valence electrons. The van der Waals surface area contributed by atoms with E-state index in [4.69, 9.17) is 20.2 Å². The molecule has 6 nitrogen and oxygen atoms in total. The summed E-state index contributed by atoms with van der Waals surface area (Å²) in [5, 5.41) is 0.452. The quantitative estimate of drug-likeness (QED) is 0.291. The Morgan fingerprint density at radius 1 is 0.941 bits per heavy atom. The summed E-state index contributed by atoms with van der Waals surface area (Å²) in [5.74, 6) is -0.0830. The highest BCUT2D eigenvalue weighted by molar-refractivity contribution is 7.87. The highest BCUT2D eigenvalue weighted by Gasteiger charge is 2.20. The van der Waals surface area contributed by atoms with Crippen molar-refractivity contribution in [2.24, 2.45) is 0 Å². The predicted molar refractivity (Wildman–Crippen MR) is 124 cm³/mol. The van der Waals surface area contributed by atoms with Gasteiger partial charge in [-0.15, -0.1) is 0 Å². The molecule has 0 spiro atoms. The first-order valence-corrected chi connectivity index (χ1v) is 11.9. The fourth-order valence-electron chi connectivity index (χ4n) is 3.24. The van der Waals surface area contributed by atoms with Crippen LogP contribution in [0, 0.1) is 5.82 Å². The Bertz CT molecular complexity index is 1370. The molecule has 0 fully saturated rings. The van der Waals surface area contributed by atoms with Gasteiger partial charge in [-0.25, -0.2) is 4.39 Å². The molecule has 1 heterocycles. The molecule has 4 aromatic rings. The fourth-order valence-corrected chi connectivity index (χ4v) is 4.36. The Kier molecular flexibility index (Phi) is 7.00. The topological polar surface area (TPSA) is 76.8 Å². The van der Waals surface area contributed by atoms with Crippen molar-refractivity contribution in [3.8, 4) is 5.75 Å². The van der Waals surface area contributed by atoms with Crippen LogP contribution in [0.3, 0.4) is 0 Å². The number of furan rings is 1. The molecule has 0 bridgehead atoms. The lowest BCUT2D eigenvalue weighted by Gasteiger charge is -2.22. The van der Waals surface area contributed by atoms with Gasteiger partial charge in [0.2, 0.25) is 0 Å². The number of carbonyl (C=O) groups is 1. The van der Waals surface area contributed by atoms with Crippen LogP contribution in [0.2, 0.25) is 5.02 Å². The molecular weight excluding hydrogens is 481 g/mol. The Morgan fingerprint density at radius 2 is 1.68 bits per heavy atom. The van der Waals surface area contributed by atoms with Crippen LogP contribution >= 0.6 is 11.6 Å². The van der Waals surface area contributed by atoms with Gasteiger partial charge in [0, 0.05) is 17.1 Å². The van der Waals surface area contributed by atoms with Crippen LogP contribution in [0.15, 0.2) is 101 Å². The van der Waals surface area contributed by atoms with Crippen LogP contribution in [-0.2, 0) is 23.2 Å². The molecule has 34 heavy (non-hydrogen) atoms. The van der Waals surface area contributed by atoms with Gasteiger partial charge >= 0.3 is 10.1 Å². The maximum Gasteiger partial charge on any atom is 0.339 e. The summed E-state index contributed by atoms with van der Waals surface area (Å²) in [6.07, 6.45) is 1.53. The van der Waals surface area contributed by atoms with E-state index < -0.39 is 15.9 Å². The maximum atomic E-state index is 13.2. The van der Waals surface area contributed by atoms with E-state index in [-0.39, 0.29) is 29.6 Å². The Balaban J connectivity index is 1.51. The minimum absolute atomic E-state index is 0.0897.